The molecule has 274 valence electrons. The fraction of sp³-hybridized carbons (Fsp3) is 0.389. The second-order valence-electron chi connectivity index (χ2n) is 15.3. The Balaban J connectivity index is 1.56. The van der Waals surface area contributed by atoms with Gasteiger partial charge >= 0.3 is 16.1 Å². The lowest BCUT2D eigenvalue weighted by Gasteiger charge is -2.39. The number of amides is 2. The highest BCUT2D eigenvalue weighted by Crippen LogP contribution is 2.51. The van der Waals surface area contributed by atoms with E-state index >= 15 is 0 Å². The minimum atomic E-state index is -5.05. The van der Waals surface area contributed by atoms with Gasteiger partial charge in [0.2, 0.25) is 10.3 Å². The van der Waals surface area contributed by atoms with E-state index in [1.807, 2.05) is 41.5 Å². The Morgan fingerprint density at radius 2 is 1.48 bits per heavy atom. The van der Waals surface area contributed by atoms with Crippen molar-refractivity contribution in [3.8, 4) is 11.5 Å². The summed E-state index contributed by atoms with van der Waals surface area (Å²) < 4.78 is 81.3. The number of hydrogen-bond acceptors (Lipinski definition) is 10. The van der Waals surface area contributed by atoms with Crippen LogP contribution in [-0.4, -0.2) is 59.9 Å². The highest BCUT2D eigenvalue weighted by molar-refractivity contribution is 7.86. The van der Waals surface area contributed by atoms with Gasteiger partial charge in [-0.3, -0.25) is 18.7 Å². The van der Waals surface area contributed by atoms with Crippen LogP contribution in [0, 0.1) is 0 Å². The Morgan fingerprint density at radius 1 is 0.885 bits per heavy atom. The molecular formula is C36H38N3O11S2+. The maximum absolute atomic E-state index is 13.3. The SMILES string of the molecule is CC1CC(C)(C)Nc2c1cc1c(c2S(=O)(=O)O)Oc2c(S(=O)(=O)O)c3c(cc2=C1c1ccc(C(=O)ON2C(=O)CCC2=O)cc1)C(C)CC(C)(C)[NH+]=3. The van der Waals surface area contributed by atoms with Crippen LogP contribution in [-0.2, 0) is 34.7 Å². The van der Waals surface area contributed by atoms with E-state index in [1.54, 1.807) is 12.1 Å². The predicted octanol–water partition coefficient (Wildman–Crippen LogP) is 2.44. The average molecular weight is 753 g/mol. The summed E-state index contributed by atoms with van der Waals surface area (Å²) in [6, 6.07) is 9.30. The molecule has 0 aromatic heterocycles. The van der Waals surface area contributed by atoms with Gasteiger partial charge in [0.15, 0.2) is 21.9 Å². The molecule has 4 aliphatic rings. The molecule has 2 atom stereocenters. The summed E-state index contributed by atoms with van der Waals surface area (Å²) in [4.78, 5) is 44.2. The summed E-state index contributed by atoms with van der Waals surface area (Å²) >= 11 is 0. The van der Waals surface area contributed by atoms with Crippen molar-refractivity contribution in [2.75, 3.05) is 5.32 Å². The van der Waals surface area contributed by atoms with Gasteiger partial charge in [0.1, 0.15) is 0 Å². The van der Waals surface area contributed by atoms with Gasteiger partial charge in [-0.2, -0.15) is 16.8 Å². The summed E-state index contributed by atoms with van der Waals surface area (Å²) in [6.45, 7) is 11.4. The van der Waals surface area contributed by atoms with Gasteiger partial charge in [-0.15, -0.1) is 5.06 Å². The zero-order valence-corrected chi connectivity index (χ0v) is 30.9. The molecule has 4 heterocycles. The van der Waals surface area contributed by atoms with Crippen molar-refractivity contribution in [1.29, 1.82) is 0 Å². The number of nitrogens with one attached hydrogen (secondary N) is 2. The van der Waals surface area contributed by atoms with Crippen molar-refractivity contribution in [2.24, 2.45) is 0 Å². The Hall–Kier alpha value is -4.64. The van der Waals surface area contributed by atoms with Crippen LogP contribution < -0.4 is 25.6 Å². The number of nitrogens with zero attached hydrogens (tertiary/aromatic N) is 1. The molecule has 3 aromatic carbocycles. The van der Waals surface area contributed by atoms with E-state index in [-0.39, 0.29) is 63.6 Å². The number of imide groups is 1. The van der Waals surface area contributed by atoms with Crippen molar-refractivity contribution < 1.29 is 54.9 Å². The second-order valence-corrected chi connectivity index (χ2v) is 18.0. The third-order valence-electron chi connectivity index (χ3n) is 10.0. The van der Waals surface area contributed by atoms with E-state index in [4.69, 9.17) is 9.57 Å². The lowest BCUT2D eigenvalue weighted by atomic mass is 9.79. The minimum absolute atomic E-state index is 0.0161. The Morgan fingerprint density at radius 3 is 2.08 bits per heavy atom. The molecule has 16 heteroatoms. The Labute approximate surface area is 300 Å². The van der Waals surface area contributed by atoms with E-state index in [2.05, 4.69) is 10.3 Å². The van der Waals surface area contributed by atoms with Gasteiger partial charge in [0.25, 0.3) is 21.9 Å². The van der Waals surface area contributed by atoms with Gasteiger partial charge in [-0.1, -0.05) is 26.0 Å². The van der Waals surface area contributed by atoms with Crippen LogP contribution in [0.25, 0.3) is 5.57 Å². The first-order valence-electron chi connectivity index (χ1n) is 16.7. The first-order valence-corrected chi connectivity index (χ1v) is 19.6. The van der Waals surface area contributed by atoms with E-state index in [0.29, 0.717) is 40.2 Å². The van der Waals surface area contributed by atoms with E-state index in [0.717, 1.165) is 0 Å². The number of anilines is 1. The number of fused-ring (bicyclic) bond motifs is 4. The van der Waals surface area contributed by atoms with E-state index in [9.17, 15) is 40.3 Å². The first kappa shape index (κ1) is 35.7. The zero-order valence-electron chi connectivity index (χ0n) is 29.3. The van der Waals surface area contributed by atoms with Crippen LogP contribution in [0.1, 0.15) is 112 Å². The Bertz CT molecular complexity index is 2470. The predicted molar refractivity (Wildman–Crippen MR) is 184 cm³/mol. The zero-order chi connectivity index (χ0) is 37.9. The van der Waals surface area contributed by atoms with Crippen molar-refractivity contribution in [3.05, 3.63) is 74.8 Å². The fourth-order valence-corrected chi connectivity index (χ4v) is 9.70. The van der Waals surface area contributed by atoms with Gasteiger partial charge in [0, 0.05) is 46.7 Å². The number of carbonyl (C=O) groups is 3. The summed E-state index contributed by atoms with van der Waals surface area (Å²) in [5, 5.41) is 3.98. The standard InChI is InChI=1S/C36H37N3O11S2/c1-17-15-35(3,4)37-28-21(17)13-23-27(19-7-9-20(10-8-19)34(42)50-39-25(40)11-12-26(39)41)24-14-22-18(2)16-36(5,6)38-29(22)33(52(46,47)48)31(24)49-30(23)32(28)51(43,44)45/h7-10,13-14,17-18,37H,11-12,15-16H2,1-6H3,(H,43,44,45)(H,46,47,48)/p+1. The topological polar surface area (TPSA) is 208 Å². The molecule has 0 spiro atoms. The molecule has 4 N–H and O–H groups in total. The molecule has 2 unspecified atom stereocenters. The van der Waals surface area contributed by atoms with Crippen LogP contribution in [0.5, 0.6) is 11.5 Å². The Kier molecular flexibility index (Phi) is 8.03. The normalized spacial score (nSPS) is 21.5. The van der Waals surface area contributed by atoms with Crippen LogP contribution in [0.4, 0.5) is 5.69 Å². The summed E-state index contributed by atoms with van der Waals surface area (Å²) in [7, 11) is -10.1. The largest absolute Gasteiger partial charge is 0.453 e. The molecule has 0 saturated carbocycles. The number of hydroxylamine groups is 2. The third-order valence-corrected chi connectivity index (χ3v) is 11.8. The van der Waals surface area contributed by atoms with Gasteiger partial charge in [-0.05, 0) is 81.3 Å². The van der Waals surface area contributed by atoms with Gasteiger partial charge < -0.3 is 14.9 Å². The summed E-state index contributed by atoms with van der Waals surface area (Å²) in [6.07, 6.45) is 1.06. The molecule has 0 aliphatic carbocycles. The second kappa shape index (κ2) is 11.7. The number of hydrogen-bond donors (Lipinski definition) is 4. The van der Waals surface area contributed by atoms with Crippen LogP contribution in [0.3, 0.4) is 0 Å². The fourth-order valence-electron chi connectivity index (χ4n) is 8.08. The van der Waals surface area contributed by atoms with Crippen molar-refractivity contribution >= 4 is 49.3 Å². The molecule has 7 rings (SSSR count). The number of benzene rings is 3. The molecule has 1 saturated heterocycles. The summed E-state index contributed by atoms with van der Waals surface area (Å²) in [5.41, 5.74) is 0.932. The van der Waals surface area contributed by atoms with Crippen molar-refractivity contribution in [3.63, 3.8) is 0 Å². The molecule has 3 aromatic rings. The molecule has 1 fully saturated rings. The van der Waals surface area contributed by atoms with Crippen LogP contribution in [0.15, 0.2) is 46.2 Å². The molecule has 4 aliphatic heterocycles. The van der Waals surface area contributed by atoms with E-state index in [1.165, 1.54) is 24.3 Å². The highest BCUT2D eigenvalue weighted by atomic mass is 32.2. The smallest absolute Gasteiger partial charge is 0.363 e. The molecular weight excluding hydrogens is 715 g/mol. The van der Waals surface area contributed by atoms with Crippen molar-refractivity contribution in [1.82, 2.24) is 5.06 Å². The molecule has 14 nitrogen and oxygen atoms in total. The maximum Gasteiger partial charge on any atom is 0.363 e. The lowest BCUT2D eigenvalue weighted by Crippen LogP contribution is -2.91. The molecule has 0 bridgehead atoms. The van der Waals surface area contributed by atoms with Crippen LogP contribution >= 0.6 is 0 Å². The molecule has 2 amide bonds. The van der Waals surface area contributed by atoms with Crippen LogP contribution in [0.2, 0.25) is 0 Å². The highest BCUT2D eigenvalue weighted by Gasteiger charge is 2.43. The lowest BCUT2D eigenvalue weighted by molar-refractivity contribution is -0.590. The quantitative estimate of drug-likeness (QED) is 0.171. The average Bonchev–Trinajstić information content (AvgIpc) is 3.32. The number of carbonyl (C=O) groups excluding carboxylic acids is 3. The third kappa shape index (κ3) is 5.96. The first-order chi connectivity index (χ1) is 24.1. The minimum Gasteiger partial charge on any atom is -0.453 e. The molecule has 52 heavy (non-hydrogen) atoms. The van der Waals surface area contributed by atoms with E-state index < -0.39 is 58.9 Å². The van der Waals surface area contributed by atoms with Gasteiger partial charge in [0.05, 0.1) is 11.3 Å². The maximum atomic E-state index is 13.3. The number of ether oxygens (including phenoxy) is 1. The van der Waals surface area contributed by atoms with Gasteiger partial charge in [-0.25, -0.2) is 9.79 Å². The molecule has 0 radical (unpaired) electrons. The van der Waals surface area contributed by atoms with Crippen molar-refractivity contribution in [2.45, 2.75) is 99.9 Å². The monoisotopic (exact) mass is 752 g/mol. The summed E-state index contributed by atoms with van der Waals surface area (Å²) in [5.74, 6) is -3.37. The number of rotatable bonds is 5.